The zero-order valence-corrected chi connectivity index (χ0v) is 11.2. The normalized spacial score (nSPS) is 11.4. The van der Waals surface area contributed by atoms with E-state index in [1.807, 2.05) is 49.4 Å². The fourth-order valence-electron chi connectivity index (χ4n) is 1.87. The van der Waals surface area contributed by atoms with E-state index < -0.39 is 9.84 Å². The minimum Gasteiger partial charge on any atom is -0.224 e. The lowest BCUT2D eigenvalue weighted by molar-refractivity contribution is 0.595. The lowest BCUT2D eigenvalue weighted by Gasteiger charge is -2.05. The molecular weight excluding hydrogens is 244 g/mol. The number of benzene rings is 2. The van der Waals surface area contributed by atoms with Gasteiger partial charge in [-0.15, -0.1) is 0 Å². The number of hydrogen-bond donors (Lipinski definition) is 0. The molecule has 0 N–H and O–H groups in total. The average Bonchev–Trinajstić information content (AvgIpc) is 2.40. The molecular formula is C15H16O2S. The molecule has 2 aromatic carbocycles. The number of hydrogen-bond acceptors (Lipinski definition) is 2. The van der Waals surface area contributed by atoms with Crippen LogP contribution in [0.15, 0.2) is 59.5 Å². The molecule has 0 aliphatic rings. The Hall–Kier alpha value is -1.61. The van der Waals surface area contributed by atoms with Crippen molar-refractivity contribution in [3.63, 3.8) is 0 Å². The maximum atomic E-state index is 11.9. The van der Waals surface area contributed by atoms with Crippen LogP contribution in [-0.2, 0) is 9.84 Å². The molecule has 94 valence electrons. The summed E-state index contributed by atoms with van der Waals surface area (Å²) in [7, 11) is -3.11. The van der Waals surface area contributed by atoms with Gasteiger partial charge in [0.25, 0.3) is 0 Å². The molecule has 2 rings (SSSR count). The van der Waals surface area contributed by atoms with Crippen molar-refractivity contribution in [3.05, 3.63) is 54.6 Å². The summed E-state index contributed by atoms with van der Waals surface area (Å²) in [5.74, 6) is 0.206. The van der Waals surface area contributed by atoms with Gasteiger partial charge in [0.1, 0.15) is 0 Å². The molecule has 0 aliphatic heterocycles. The number of sulfone groups is 1. The molecule has 0 heterocycles. The Morgan fingerprint density at radius 3 is 1.94 bits per heavy atom. The molecule has 0 bridgehead atoms. The van der Waals surface area contributed by atoms with Gasteiger partial charge < -0.3 is 0 Å². The van der Waals surface area contributed by atoms with E-state index in [1.54, 1.807) is 12.1 Å². The van der Waals surface area contributed by atoms with E-state index in [2.05, 4.69) is 0 Å². The van der Waals surface area contributed by atoms with Crippen molar-refractivity contribution in [1.82, 2.24) is 0 Å². The van der Waals surface area contributed by atoms with E-state index >= 15 is 0 Å². The average molecular weight is 260 g/mol. The quantitative estimate of drug-likeness (QED) is 0.842. The van der Waals surface area contributed by atoms with E-state index in [4.69, 9.17) is 0 Å². The molecule has 2 nitrogen and oxygen atoms in total. The molecule has 3 heteroatoms. The minimum atomic E-state index is -3.11. The van der Waals surface area contributed by atoms with Crippen LogP contribution in [0, 0.1) is 0 Å². The smallest absolute Gasteiger partial charge is 0.178 e. The summed E-state index contributed by atoms with van der Waals surface area (Å²) in [6.45, 7) is 1.87. The molecule has 0 amide bonds. The van der Waals surface area contributed by atoms with Gasteiger partial charge in [-0.2, -0.15) is 0 Å². The highest BCUT2D eigenvalue weighted by molar-refractivity contribution is 7.91. The van der Waals surface area contributed by atoms with Crippen molar-refractivity contribution < 1.29 is 8.42 Å². The molecule has 0 saturated carbocycles. The summed E-state index contributed by atoms with van der Waals surface area (Å²) in [6, 6.07) is 17.0. The Bertz CT molecular complexity index is 599. The lowest BCUT2D eigenvalue weighted by Crippen LogP contribution is -2.05. The standard InChI is InChI=1S/C15H16O2S/c1-2-12-18(16,17)15-10-8-14(9-11-15)13-6-4-3-5-7-13/h3-11H,2,12H2,1H3. The van der Waals surface area contributed by atoms with Crippen molar-refractivity contribution in [1.29, 1.82) is 0 Å². The second-order valence-corrected chi connectivity index (χ2v) is 6.32. The predicted molar refractivity (Wildman–Crippen MR) is 74.2 cm³/mol. The van der Waals surface area contributed by atoms with Crippen LogP contribution < -0.4 is 0 Å². The number of rotatable bonds is 4. The van der Waals surface area contributed by atoms with Crippen LogP contribution >= 0.6 is 0 Å². The van der Waals surface area contributed by atoms with Gasteiger partial charge >= 0.3 is 0 Å². The van der Waals surface area contributed by atoms with E-state index in [0.717, 1.165) is 11.1 Å². The molecule has 0 spiro atoms. The van der Waals surface area contributed by atoms with Gasteiger partial charge in [-0.3, -0.25) is 0 Å². The molecule has 0 radical (unpaired) electrons. The third kappa shape index (κ3) is 2.79. The van der Waals surface area contributed by atoms with Crippen LogP contribution in [-0.4, -0.2) is 14.2 Å². The van der Waals surface area contributed by atoms with Crippen LogP contribution in [0.1, 0.15) is 13.3 Å². The highest BCUT2D eigenvalue weighted by Crippen LogP contribution is 2.21. The lowest BCUT2D eigenvalue weighted by atomic mass is 10.1. The van der Waals surface area contributed by atoms with E-state index in [-0.39, 0.29) is 5.75 Å². The third-order valence-corrected chi connectivity index (χ3v) is 4.73. The van der Waals surface area contributed by atoms with E-state index in [0.29, 0.717) is 11.3 Å². The fourth-order valence-corrected chi connectivity index (χ4v) is 3.20. The summed E-state index contributed by atoms with van der Waals surface area (Å²) in [5.41, 5.74) is 2.13. The summed E-state index contributed by atoms with van der Waals surface area (Å²) < 4.78 is 23.8. The molecule has 0 unspecified atom stereocenters. The van der Waals surface area contributed by atoms with Crippen LogP contribution in [0.5, 0.6) is 0 Å². The monoisotopic (exact) mass is 260 g/mol. The fraction of sp³-hybridized carbons (Fsp3) is 0.200. The van der Waals surface area contributed by atoms with Crippen molar-refractivity contribution in [2.75, 3.05) is 5.75 Å². The Balaban J connectivity index is 2.32. The second-order valence-electron chi connectivity index (χ2n) is 4.21. The third-order valence-electron chi connectivity index (χ3n) is 2.79. The zero-order valence-electron chi connectivity index (χ0n) is 10.3. The van der Waals surface area contributed by atoms with Crippen LogP contribution in [0.4, 0.5) is 0 Å². The van der Waals surface area contributed by atoms with Gasteiger partial charge in [0.15, 0.2) is 9.84 Å². The van der Waals surface area contributed by atoms with Crippen molar-refractivity contribution in [2.45, 2.75) is 18.2 Å². The van der Waals surface area contributed by atoms with Crippen LogP contribution in [0.3, 0.4) is 0 Å². The highest BCUT2D eigenvalue weighted by atomic mass is 32.2. The summed E-state index contributed by atoms with van der Waals surface area (Å²) in [4.78, 5) is 0.407. The molecule has 0 aliphatic carbocycles. The minimum absolute atomic E-state index is 0.206. The summed E-state index contributed by atoms with van der Waals surface area (Å²) in [6.07, 6.45) is 0.642. The van der Waals surface area contributed by atoms with Crippen molar-refractivity contribution in [3.8, 4) is 11.1 Å². The topological polar surface area (TPSA) is 34.1 Å². The first kappa shape index (κ1) is 12.8. The Labute approximate surface area is 108 Å². The van der Waals surface area contributed by atoms with Gasteiger partial charge in [0.05, 0.1) is 10.6 Å². The summed E-state index contributed by atoms with van der Waals surface area (Å²) >= 11 is 0. The SMILES string of the molecule is CCCS(=O)(=O)c1ccc(-c2ccccc2)cc1. The first-order valence-corrected chi connectivity index (χ1v) is 7.67. The van der Waals surface area contributed by atoms with Crippen LogP contribution in [0.2, 0.25) is 0 Å². The van der Waals surface area contributed by atoms with Gasteiger partial charge in [-0.25, -0.2) is 8.42 Å². The van der Waals surface area contributed by atoms with Gasteiger partial charge in [-0.05, 0) is 29.7 Å². The molecule has 18 heavy (non-hydrogen) atoms. The Morgan fingerprint density at radius 1 is 0.833 bits per heavy atom. The maximum Gasteiger partial charge on any atom is 0.178 e. The van der Waals surface area contributed by atoms with E-state index in [9.17, 15) is 8.42 Å². The Morgan fingerprint density at radius 2 is 1.39 bits per heavy atom. The van der Waals surface area contributed by atoms with Gasteiger partial charge in [0.2, 0.25) is 0 Å². The van der Waals surface area contributed by atoms with Gasteiger partial charge in [-0.1, -0.05) is 49.4 Å². The van der Waals surface area contributed by atoms with Crippen molar-refractivity contribution in [2.24, 2.45) is 0 Å². The molecule has 0 atom stereocenters. The maximum absolute atomic E-state index is 11.9. The molecule has 0 aromatic heterocycles. The predicted octanol–water partition coefficient (Wildman–Crippen LogP) is 3.54. The first-order valence-electron chi connectivity index (χ1n) is 6.02. The largest absolute Gasteiger partial charge is 0.224 e. The van der Waals surface area contributed by atoms with Gasteiger partial charge in [0, 0.05) is 0 Å². The zero-order chi connectivity index (χ0) is 13.0. The van der Waals surface area contributed by atoms with Crippen molar-refractivity contribution >= 4 is 9.84 Å². The Kier molecular flexibility index (Phi) is 3.82. The van der Waals surface area contributed by atoms with E-state index in [1.165, 1.54) is 0 Å². The van der Waals surface area contributed by atoms with Crippen LogP contribution in [0.25, 0.3) is 11.1 Å². The molecule has 0 fully saturated rings. The molecule has 2 aromatic rings. The second kappa shape index (κ2) is 5.36. The first-order chi connectivity index (χ1) is 8.63. The molecule has 0 saturated heterocycles. The summed E-state index contributed by atoms with van der Waals surface area (Å²) in [5, 5.41) is 0. The highest BCUT2D eigenvalue weighted by Gasteiger charge is 2.12.